The number of hydrogen-bond donors (Lipinski definition) is 1. The van der Waals surface area contributed by atoms with Crippen molar-refractivity contribution < 1.29 is 33.3 Å². The number of allylic oxidation sites excluding steroid dienone is 1. The van der Waals surface area contributed by atoms with Gasteiger partial charge < -0.3 is 28.5 Å². The normalized spacial score (nSPS) is 14.3. The van der Waals surface area contributed by atoms with Gasteiger partial charge >= 0.3 is 5.97 Å². The number of carboxylic acids is 1. The molecule has 3 heterocycles. The van der Waals surface area contributed by atoms with E-state index in [1.807, 2.05) is 42.5 Å². The monoisotopic (exact) mass is 392 g/mol. The molecule has 7 heteroatoms. The lowest BCUT2D eigenvalue weighted by Crippen LogP contribution is -1.92. The molecular weight excluding hydrogens is 376 g/mol. The average molecular weight is 392 g/mol. The summed E-state index contributed by atoms with van der Waals surface area (Å²) < 4.78 is 27.9. The summed E-state index contributed by atoms with van der Waals surface area (Å²) in [6, 6.07) is 13.0. The smallest absolute Gasteiger partial charge is 0.328 e. The number of fused-ring (bicyclic) bond motifs is 2. The van der Waals surface area contributed by atoms with Crippen LogP contribution < -0.4 is 18.9 Å². The minimum absolute atomic E-state index is 0.178. The van der Waals surface area contributed by atoms with E-state index in [1.165, 1.54) is 0 Å². The van der Waals surface area contributed by atoms with Gasteiger partial charge in [0.15, 0.2) is 23.0 Å². The molecular formula is C22H16O7. The summed E-state index contributed by atoms with van der Waals surface area (Å²) in [5, 5.41) is 9.09. The highest BCUT2D eigenvalue weighted by atomic mass is 16.7. The third kappa shape index (κ3) is 3.06. The molecule has 1 aromatic heterocycles. The van der Waals surface area contributed by atoms with E-state index in [0.29, 0.717) is 40.1 Å². The summed E-state index contributed by atoms with van der Waals surface area (Å²) in [5.41, 5.74) is 2.96. The Balaban J connectivity index is 1.66. The molecule has 0 radical (unpaired) electrons. The van der Waals surface area contributed by atoms with Gasteiger partial charge in [0.2, 0.25) is 13.6 Å². The average Bonchev–Trinajstić information content (AvgIpc) is 3.44. The van der Waals surface area contributed by atoms with Gasteiger partial charge in [0.25, 0.3) is 0 Å². The Hall–Kier alpha value is -3.87. The van der Waals surface area contributed by atoms with Crippen LogP contribution in [-0.2, 0) is 4.79 Å². The fourth-order valence-electron chi connectivity index (χ4n) is 3.37. The zero-order valence-corrected chi connectivity index (χ0v) is 15.4. The minimum Gasteiger partial charge on any atom is -0.478 e. The number of aliphatic carboxylic acids is 1. The van der Waals surface area contributed by atoms with Crippen LogP contribution >= 0.6 is 0 Å². The topological polar surface area (TPSA) is 87.4 Å². The van der Waals surface area contributed by atoms with Crippen molar-refractivity contribution in [3.05, 3.63) is 54.3 Å². The molecule has 146 valence electrons. The van der Waals surface area contributed by atoms with E-state index < -0.39 is 5.97 Å². The second kappa shape index (κ2) is 6.63. The summed E-state index contributed by atoms with van der Waals surface area (Å²) in [6.45, 7) is 2.06. The molecule has 0 aliphatic carbocycles. The van der Waals surface area contributed by atoms with E-state index in [2.05, 4.69) is 0 Å². The van der Waals surface area contributed by atoms with Gasteiger partial charge in [-0.05, 0) is 54.5 Å². The number of ether oxygens (including phenoxy) is 4. The van der Waals surface area contributed by atoms with Crippen LogP contribution in [0.1, 0.15) is 12.7 Å². The summed E-state index contributed by atoms with van der Waals surface area (Å²) >= 11 is 0. The molecule has 7 nitrogen and oxygen atoms in total. The van der Waals surface area contributed by atoms with E-state index in [1.54, 1.807) is 6.92 Å². The van der Waals surface area contributed by atoms with Gasteiger partial charge in [0.05, 0.1) is 0 Å². The molecule has 2 aromatic carbocycles. The number of hydrogen-bond acceptors (Lipinski definition) is 6. The van der Waals surface area contributed by atoms with Gasteiger partial charge in [-0.3, -0.25) is 0 Å². The van der Waals surface area contributed by atoms with E-state index in [9.17, 15) is 4.79 Å². The summed E-state index contributed by atoms with van der Waals surface area (Å²) in [4.78, 5) is 11.1. The Morgan fingerprint density at radius 2 is 1.45 bits per heavy atom. The lowest BCUT2D eigenvalue weighted by Gasteiger charge is -2.05. The molecule has 0 amide bonds. The molecule has 5 rings (SSSR count). The molecule has 0 spiro atoms. The van der Waals surface area contributed by atoms with E-state index in [0.717, 1.165) is 22.8 Å². The largest absolute Gasteiger partial charge is 0.478 e. The lowest BCUT2D eigenvalue weighted by molar-refractivity contribution is -0.131. The van der Waals surface area contributed by atoms with Crippen LogP contribution in [0.25, 0.3) is 28.0 Å². The zero-order valence-electron chi connectivity index (χ0n) is 15.4. The van der Waals surface area contributed by atoms with E-state index in [4.69, 9.17) is 28.5 Å². The Bertz CT molecular complexity index is 1080. The fourth-order valence-corrected chi connectivity index (χ4v) is 3.37. The third-order valence-corrected chi connectivity index (χ3v) is 4.78. The van der Waals surface area contributed by atoms with Gasteiger partial charge in [-0.25, -0.2) is 4.79 Å². The maximum Gasteiger partial charge on any atom is 0.328 e. The highest BCUT2D eigenvalue weighted by molar-refractivity contribution is 5.91. The lowest BCUT2D eigenvalue weighted by atomic mass is 10.0. The molecule has 0 atom stereocenters. The van der Waals surface area contributed by atoms with Crippen molar-refractivity contribution in [2.45, 2.75) is 6.92 Å². The standard InChI is InChI=1S/C22H16O7/c1-12(6-21(23)24)18-9-15(13-2-4-16-19(7-13)27-10-25-16)22(29-18)14-3-5-17-20(8-14)28-11-26-17/h2-9H,10-11H2,1H3,(H,23,24)/b12-6+. The predicted molar refractivity (Wildman–Crippen MR) is 103 cm³/mol. The van der Waals surface area contributed by atoms with Crippen LogP contribution in [0.2, 0.25) is 0 Å². The SMILES string of the molecule is C/C(=C\C(=O)O)c1cc(-c2ccc3c(c2)OCO3)c(-c2ccc3c(c2)OCO3)o1. The highest BCUT2D eigenvalue weighted by Crippen LogP contribution is 2.44. The van der Waals surface area contributed by atoms with Crippen molar-refractivity contribution in [2.75, 3.05) is 13.6 Å². The first kappa shape index (κ1) is 17.2. The second-order valence-electron chi connectivity index (χ2n) is 6.66. The van der Waals surface area contributed by atoms with Gasteiger partial charge in [0, 0.05) is 17.2 Å². The number of carboxylic acid groups (broad SMARTS) is 1. The van der Waals surface area contributed by atoms with Crippen molar-refractivity contribution in [1.82, 2.24) is 0 Å². The highest BCUT2D eigenvalue weighted by Gasteiger charge is 2.22. The van der Waals surface area contributed by atoms with Crippen molar-refractivity contribution in [3.8, 4) is 45.4 Å². The molecule has 0 fully saturated rings. The molecule has 3 aromatic rings. The number of benzene rings is 2. The fraction of sp³-hybridized carbons (Fsp3) is 0.136. The van der Waals surface area contributed by atoms with Gasteiger partial charge in [0.1, 0.15) is 11.5 Å². The van der Waals surface area contributed by atoms with Crippen LogP contribution in [0.15, 0.2) is 53.0 Å². The van der Waals surface area contributed by atoms with Crippen LogP contribution in [0.5, 0.6) is 23.0 Å². The molecule has 0 saturated heterocycles. The van der Waals surface area contributed by atoms with Crippen LogP contribution in [-0.4, -0.2) is 24.7 Å². The minimum atomic E-state index is -1.03. The number of carbonyl (C=O) groups is 1. The van der Waals surface area contributed by atoms with E-state index >= 15 is 0 Å². The van der Waals surface area contributed by atoms with Crippen molar-refractivity contribution >= 4 is 11.5 Å². The molecule has 2 aliphatic heterocycles. The molecule has 0 bridgehead atoms. The Morgan fingerprint density at radius 3 is 2.10 bits per heavy atom. The summed E-state index contributed by atoms with van der Waals surface area (Å²) in [7, 11) is 0. The van der Waals surface area contributed by atoms with Crippen LogP contribution in [0.3, 0.4) is 0 Å². The maximum absolute atomic E-state index is 11.1. The summed E-state index contributed by atoms with van der Waals surface area (Å²) in [6.07, 6.45) is 1.12. The van der Waals surface area contributed by atoms with Gasteiger partial charge in [-0.1, -0.05) is 6.07 Å². The Morgan fingerprint density at radius 1 is 0.862 bits per heavy atom. The first-order valence-corrected chi connectivity index (χ1v) is 8.94. The van der Waals surface area contributed by atoms with Crippen LogP contribution in [0, 0.1) is 0 Å². The predicted octanol–water partition coefficient (Wildman–Crippen LogP) is 4.56. The Labute approximate surface area is 165 Å². The first-order valence-electron chi connectivity index (χ1n) is 8.94. The molecule has 0 unspecified atom stereocenters. The quantitative estimate of drug-likeness (QED) is 0.651. The van der Waals surface area contributed by atoms with Crippen molar-refractivity contribution in [3.63, 3.8) is 0 Å². The maximum atomic E-state index is 11.1. The van der Waals surface area contributed by atoms with Crippen molar-refractivity contribution in [1.29, 1.82) is 0 Å². The van der Waals surface area contributed by atoms with Crippen molar-refractivity contribution in [2.24, 2.45) is 0 Å². The number of furan rings is 1. The zero-order chi connectivity index (χ0) is 20.0. The third-order valence-electron chi connectivity index (χ3n) is 4.78. The molecule has 0 saturated carbocycles. The summed E-state index contributed by atoms with van der Waals surface area (Å²) in [5.74, 6) is 2.67. The Kier molecular flexibility index (Phi) is 3.94. The molecule has 29 heavy (non-hydrogen) atoms. The van der Waals surface area contributed by atoms with Gasteiger partial charge in [-0.2, -0.15) is 0 Å². The first-order chi connectivity index (χ1) is 14.1. The number of rotatable bonds is 4. The van der Waals surface area contributed by atoms with Gasteiger partial charge in [-0.15, -0.1) is 0 Å². The molecule has 2 aliphatic rings. The molecule has 1 N–H and O–H groups in total. The second-order valence-corrected chi connectivity index (χ2v) is 6.66. The van der Waals surface area contributed by atoms with Crippen LogP contribution in [0.4, 0.5) is 0 Å². The van der Waals surface area contributed by atoms with E-state index in [-0.39, 0.29) is 13.6 Å².